The van der Waals surface area contributed by atoms with Crippen LogP contribution in [0.25, 0.3) is 10.2 Å². The molecule has 0 aliphatic carbocycles. The average molecular weight is 364 g/mol. The van der Waals surface area contributed by atoms with Crippen molar-refractivity contribution in [2.75, 3.05) is 27.3 Å². The molecule has 0 spiro atoms. The van der Waals surface area contributed by atoms with Gasteiger partial charge in [-0.15, -0.1) is 11.3 Å². The molecular weight excluding hydrogens is 340 g/mol. The van der Waals surface area contributed by atoms with Crippen molar-refractivity contribution in [2.45, 2.75) is 39.5 Å². The number of hydrogen-bond acceptors (Lipinski definition) is 7. The van der Waals surface area contributed by atoms with Crippen molar-refractivity contribution in [1.29, 1.82) is 0 Å². The molecule has 2 aromatic heterocycles. The number of hydrogen-bond donors (Lipinski definition) is 1. The first kappa shape index (κ1) is 18.0. The number of aryl methyl sites for hydroxylation is 1. The maximum Gasteiger partial charge on any atom is 0.264 e. The summed E-state index contributed by atoms with van der Waals surface area (Å²) in [7, 11) is 3.18. The highest BCUT2D eigenvalue weighted by Gasteiger charge is 2.31. The molecule has 0 aromatic carbocycles. The van der Waals surface area contributed by atoms with Gasteiger partial charge in [-0.05, 0) is 26.3 Å². The zero-order valence-electron chi connectivity index (χ0n) is 15.3. The van der Waals surface area contributed by atoms with Gasteiger partial charge in [0.15, 0.2) is 5.82 Å². The zero-order valence-corrected chi connectivity index (χ0v) is 16.1. The topological polar surface area (TPSA) is 76.6 Å². The first-order chi connectivity index (χ1) is 12.0. The van der Waals surface area contributed by atoms with Crippen molar-refractivity contribution >= 4 is 27.5 Å². The average Bonchev–Trinajstić information content (AvgIpc) is 2.93. The second-order valence-electron chi connectivity index (χ2n) is 6.30. The summed E-state index contributed by atoms with van der Waals surface area (Å²) in [6.45, 7) is 7.93. The molecule has 7 nitrogen and oxygen atoms in total. The van der Waals surface area contributed by atoms with Crippen LogP contribution in [0.4, 0.5) is 0 Å². The number of rotatable bonds is 4. The lowest BCUT2D eigenvalue weighted by Crippen LogP contribution is -2.57. The summed E-state index contributed by atoms with van der Waals surface area (Å²) >= 11 is 1.40. The molecule has 3 rings (SSSR count). The lowest BCUT2D eigenvalue weighted by atomic mass is 10.1. The van der Waals surface area contributed by atoms with Gasteiger partial charge in [0.05, 0.1) is 17.4 Å². The number of aromatic nitrogens is 2. The minimum absolute atomic E-state index is 0.0525. The Morgan fingerprint density at radius 1 is 1.36 bits per heavy atom. The molecule has 3 heterocycles. The van der Waals surface area contributed by atoms with Gasteiger partial charge >= 0.3 is 0 Å². The highest BCUT2D eigenvalue weighted by Crippen LogP contribution is 2.36. The fraction of sp³-hybridized carbons (Fsp3) is 0.588. The minimum atomic E-state index is 0.0525. The van der Waals surface area contributed by atoms with Crippen LogP contribution in [-0.2, 0) is 11.3 Å². The van der Waals surface area contributed by atoms with Crippen molar-refractivity contribution in [3.63, 3.8) is 0 Å². The Labute approximate surface area is 151 Å². The molecule has 1 N–H and O–H groups in total. The third kappa shape index (κ3) is 3.21. The second-order valence-corrected chi connectivity index (χ2v) is 7.30. The van der Waals surface area contributed by atoms with Gasteiger partial charge in [0.2, 0.25) is 5.88 Å². The van der Waals surface area contributed by atoms with Crippen LogP contribution in [0.2, 0.25) is 0 Å². The molecule has 1 saturated heterocycles. The molecule has 2 atom stereocenters. The zero-order chi connectivity index (χ0) is 18.1. The van der Waals surface area contributed by atoms with Crippen LogP contribution in [-0.4, -0.2) is 60.2 Å². The van der Waals surface area contributed by atoms with E-state index in [4.69, 9.17) is 9.47 Å². The van der Waals surface area contributed by atoms with Gasteiger partial charge in [-0.3, -0.25) is 4.79 Å². The van der Waals surface area contributed by atoms with E-state index < -0.39 is 0 Å². The second kappa shape index (κ2) is 7.23. The van der Waals surface area contributed by atoms with Crippen molar-refractivity contribution in [1.82, 2.24) is 20.2 Å². The molecule has 8 heteroatoms. The van der Waals surface area contributed by atoms with Gasteiger partial charge < -0.3 is 19.7 Å². The minimum Gasteiger partial charge on any atom is -0.480 e. The maximum atomic E-state index is 13.2. The third-order valence-corrected chi connectivity index (χ3v) is 5.93. The van der Waals surface area contributed by atoms with Crippen LogP contribution in [0.3, 0.4) is 0 Å². The van der Waals surface area contributed by atoms with Crippen molar-refractivity contribution < 1.29 is 14.3 Å². The Bertz CT molecular complexity index is 792. The summed E-state index contributed by atoms with van der Waals surface area (Å²) in [5.41, 5.74) is 0.879. The largest absolute Gasteiger partial charge is 0.480 e. The summed E-state index contributed by atoms with van der Waals surface area (Å²) in [5.74, 6) is 1.10. The normalized spacial score (nSPS) is 20.9. The van der Waals surface area contributed by atoms with Crippen molar-refractivity contribution in [3.05, 3.63) is 16.3 Å². The summed E-state index contributed by atoms with van der Waals surface area (Å²) < 4.78 is 10.6. The number of carbonyl (C=O) groups excluding carboxylic acids is 1. The van der Waals surface area contributed by atoms with Crippen LogP contribution in [0, 0.1) is 6.92 Å². The van der Waals surface area contributed by atoms with E-state index in [2.05, 4.69) is 29.1 Å². The number of piperazine rings is 1. The molecule has 1 aliphatic heterocycles. The molecular formula is C17H24N4O3S. The number of methoxy groups -OCH3 is 2. The number of ether oxygens (including phenoxy) is 2. The van der Waals surface area contributed by atoms with Crippen LogP contribution in [0.15, 0.2) is 0 Å². The molecule has 1 amide bonds. The van der Waals surface area contributed by atoms with Gasteiger partial charge in [0.25, 0.3) is 5.91 Å². The molecule has 25 heavy (non-hydrogen) atoms. The quantitative estimate of drug-likeness (QED) is 0.894. The predicted molar refractivity (Wildman–Crippen MR) is 97.4 cm³/mol. The van der Waals surface area contributed by atoms with Crippen LogP contribution >= 0.6 is 11.3 Å². The SMILES string of the molecule is COCc1nc(OC)c2c(C)c(C(=O)N3CCNC(C)C3C)sc2n1. The van der Waals surface area contributed by atoms with Gasteiger partial charge in [-0.1, -0.05) is 0 Å². The van der Waals surface area contributed by atoms with E-state index in [1.54, 1.807) is 14.2 Å². The van der Waals surface area contributed by atoms with E-state index in [1.165, 1.54) is 11.3 Å². The van der Waals surface area contributed by atoms with Gasteiger partial charge in [0, 0.05) is 32.3 Å². The lowest BCUT2D eigenvalue weighted by Gasteiger charge is -2.38. The third-order valence-electron chi connectivity index (χ3n) is 4.76. The summed E-state index contributed by atoms with van der Waals surface area (Å²) in [6.07, 6.45) is 0. The standard InChI is InChI=1S/C17H24N4O3S/c1-9-13-15(24-5)19-12(8-23-4)20-16(13)25-14(9)17(22)21-7-6-18-10(2)11(21)3/h10-11,18H,6-8H2,1-5H3. The summed E-state index contributed by atoms with van der Waals surface area (Å²) in [6, 6.07) is 0.415. The number of nitrogens with one attached hydrogen (secondary N) is 1. The van der Waals surface area contributed by atoms with Crippen molar-refractivity contribution in [3.8, 4) is 5.88 Å². The number of fused-ring (bicyclic) bond motifs is 1. The molecule has 0 saturated carbocycles. The maximum absolute atomic E-state index is 13.2. The first-order valence-corrected chi connectivity index (χ1v) is 9.16. The van der Waals surface area contributed by atoms with E-state index >= 15 is 0 Å². The molecule has 2 aromatic rings. The molecule has 1 fully saturated rings. The fourth-order valence-corrected chi connectivity index (χ4v) is 4.31. The molecule has 0 radical (unpaired) electrons. The molecule has 0 bridgehead atoms. The lowest BCUT2D eigenvalue weighted by molar-refractivity contribution is 0.0607. The highest BCUT2D eigenvalue weighted by atomic mass is 32.1. The van der Waals surface area contributed by atoms with E-state index in [-0.39, 0.29) is 18.0 Å². The highest BCUT2D eigenvalue weighted by molar-refractivity contribution is 7.20. The van der Waals surface area contributed by atoms with Gasteiger partial charge in [-0.2, -0.15) is 4.98 Å². The van der Waals surface area contributed by atoms with E-state index in [9.17, 15) is 4.79 Å². The van der Waals surface area contributed by atoms with E-state index in [0.29, 0.717) is 29.7 Å². The summed E-state index contributed by atoms with van der Waals surface area (Å²) in [4.78, 5) is 25.5. The molecule has 2 unspecified atom stereocenters. The Morgan fingerprint density at radius 2 is 2.12 bits per heavy atom. The number of carbonyl (C=O) groups is 1. The van der Waals surface area contributed by atoms with Crippen LogP contribution in [0.1, 0.15) is 34.9 Å². The molecule has 1 aliphatic rings. The monoisotopic (exact) mass is 364 g/mol. The fourth-order valence-electron chi connectivity index (χ4n) is 3.16. The Kier molecular flexibility index (Phi) is 5.21. The Morgan fingerprint density at radius 3 is 2.80 bits per heavy atom. The molecule has 136 valence electrons. The number of nitrogens with zero attached hydrogens (tertiary/aromatic N) is 3. The van der Waals surface area contributed by atoms with E-state index in [1.807, 2.05) is 11.8 Å². The van der Waals surface area contributed by atoms with Crippen molar-refractivity contribution in [2.24, 2.45) is 0 Å². The smallest absolute Gasteiger partial charge is 0.264 e. The first-order valence-electron chi connectivity index (χ1n) is 8.35. The predicted octanol–water partition coefficient (Wildman–Crippen LogP) is 1.98. The number of thiophene rings is 1. The van der Waals surface area contributed by atoms with Crippen LogP contribution in [0.5, 0.6) is 5.88 Å². The van der Waals surface area contributed by atoms with Gasteiger partial charge in [0.1, 0.15) is 11.4 Å². The van der Waals surface area contributed by atoms with Crippen LogP contribution < -0.4 is 10.1 Å². The Balaban J connectivity index is 2.04. The van der Waals surface area contributed by atoms with Gasteiger partial charge in [-0.25, -0.2) is 4.98 Å². The number of amides is 1. The summed E-state index contributed by atoms with van der Waals surface area (Å²) in [5, 5.41) is 4.21. The van der Waals surface area contributed by atoms with E-state index in [0.717, 1.165) is 22.3 Å². The Hall–Kier alpha value is -1.77.